The number of thiophene rings is 1. The molecule has 112 valence electrons. The zero-order valence-corrected chi connectivity index (χ0v) is 13.6. The number of rotatable bonds is 3. The number of carbonyl (C=O) groups excluding carboxylic acids is 1. The van der Waals surface area contributed by atoms with Gasteiger partial charge < -0.3 is 9.32 Å². The second kappa shape index (κ2) is 5.68. The van der Waals surface area contributed by atoms with Gasteiger partial charge in [0.25, 0.3) is 5.91 Å². The number of carbonyl (C=O) groups is 1. The fourth-order valence-corrected chi connectivity index (χ4v) is 4.18. The van der Waals surface area contributed by atoms with Crippen molar-refractivity contribution in [3.05, 3.63) is 45.0 Å². The molecule has 3 rings (SSSR count). The van der Waals surface area contributed by atoms with Gasteiger partial charge in [-0.1, -0.05) is 6.92 Å². The highest BCUT2D eigenvalue weighted by Crippen LogP contribution is 2.33. The Morgan fingerprint density at radius 3 is 3.00 bits per heavy atom. The second-order valence-corrected chi connectivity index (χ2v) is 7.04. The molecule has 1 atom stereocenters. The topological polar surface area (TPSA) is 33.5 Å². The lowest BCUT2D eigenvalue weighted by Crippen LogP contribution is -2.27. The van der Waals surface area contributed by atoms with Gasteiger partial charge in [0.15, 0.2) is 0 Å². The fraction of sp³-hybridized carbons (Fsp3) is 0.471. The van der Waals surface area contributed by atoms with Gasteiger partial charge in [-0.2, -0.15) is 0 Å². The molecule has 0 aromatic carbocycles. The minimum Gasteiger partial charge on any atom is -0.464 e. The van der Waals surface area contributed by atoms with Crippen molar-refractivity contribution >= 4 is 17.2 Å². The van der Waals surface area contributed by atoms with Crippen LogP contribution in [0.5, 0.6) is 0 Å². The Labute approximate surface area is 129 Å². The molecule has 0 bridgehead atoms. The summed E-state index contributed by atoms with van der Waals surface area (Å²) in [4.78, 5) is 15.8. The molecule has 4 heteroatoms. The first-order valence-electron chi connectivity index (χ1n) is 7.44. The lowest BCUT2D eigenvalue weighted by molar-refractivity contribution is 0.0774. The average Bonchev–Trinajstić information content (AvgIpc) is 3.03. The zero-order valence-electron chi connectivity index (χ0n) is 12.8. The molecule has 0 saturated heterocycles. The summed E-state index contributed by atoms with van der Waals surface area (Å²) in [5.41, 5.74) is 2.18. The van der Waals surface area contributed by atoms with E-state index in [-0.39, 0.29) is 5.91 Å². The van der Waals surface area contributed by atoms with Gasteiger partial charge in [-0.25, -0.2) is 0 Å². The quantitative estimate of drug-likeness (QED) is 0.857. The third kappa shape index (κ3) is 2.91. The maximum absolute atomic E-state index is 12.7. The van der Waals surface area contributed by atoms with Crippen molar-refractivity contribution in [2.75, 3.05) is 7.05 Å². The van der Waals surface area contributed by atoms with Gasteiger partial charge in [0.05, 0.1) is 12.1 Å². The molecule has 2 aromatic rings. The zero-order chi connectivity index (χ0) is 15.0. The van der Waals surface area contributed by atoms with E-state index in [1.807, 2.05) is 31.5 Å². The first kappa shape index (κ1) is 14.4. The van der Waals surface area contributed by atoms with Crippen LogP contribution in [0.1, 0.15) is 45.7 Å². The number of amides is 1. The molecule has 0 saturated carbocycles. The molecular formula is C17H21NO2S. The van der Waals surface area contributed by atoms with E-state index >= 15 is 0 Å². The van der Waals surface area contributed by atoms with Crippen molar-refractivity contribution < 1.29 is 9.21 Å². The number of furan rings is 1. The van der Waals surface area contributed by atoms with E-state index in [1.165, 1.54) is 16.9 Å². The Balaban J connectivity index is 1.76. The summed E-state index contributed by atoms with van der Waals surface area (Å²) in [5.74, 6) is 2.56. The highest BCUT2D eigenvalue weighted by molar-refractivity contribution is 7.10. The van der Waals surface area contributed by atoms with Crippen molar-refractivity contribution in [3.8, 4) is 0 Å². The Bertz CT molecular complexity index is 656. The van der Waals surface area contributed by atoms with E-state index in [2.05, 4.69) is 6.92 Å². The van der Waals surface area contributed by atoms with Crippen molar-refractivity contribution in [3.63, 3.8) is 0 Å². The van der Waals surface area contributed by atoms with Gasteiger partial charge in [-0.15, -0.1) is 11.3 Å². The second-order valence-electron chi connectivity index (χ2n) is 6.07. The normalized spacial score (nSPS) is 17.6. The van der Waals surface area contributed by atoms with Crippen molar-refractivity contribution in [1.82, 2.24) is 4.90 Å². The predicted molar refractivity (Wildman–Crippen MR) is 84.8 cm³/mol. The van der Waals surface area contributed by atoms with Crippen molar-refractivity contribution in [1.29, 1.82) is 0 Å². The lowest BCUT2D eigenvalue weighted by atomic mass is 9.88. The molecular weight excluding hydrogens is 282 g/mol. The lowest BCUT2D eigenvalue weighted by Gasteiger charge is -2.21. The Morgan fingerprint density at radius 1 is 1.48 bits per heavy atom. The number of nitrogens with zero attached hydrogens (tertiary/aromatic N) is 1. The number of hydrogen-bond acceptors (Lipinski definition) is 3. The summed E-state index contributed by atoms with van der Waals surface area (Å²) in [6.07, 6.45) is 3.34. The van der Waals surface area contributed by atoms with Crippen molar-refractivity contribution in [2.24, 2.45) is 5.92 Å². The molecule has 1 unspecified atom stereocenters. The summed E-state index contributed by atoms with van der Waals surface area (Å²) < 4.78 is 5.56. The Kier molecular flexibility index (Phi) is 3.89. The first-order chi connectivity index (χ1) is 10.0. The van der Waals surface area contributed by atoms with Crippen LogP contribution in [0.2, 0.25) is 0 Å². The molecule has 0 fully saturated rings. The molecule has 0 aliphatic heterocycles. The van der Waals surface area contributed by atoms with Crippen LogP contribution >= 0.6 is 11.3 Å². The molecule has 0 spiro atoms. The van der Waals surface area contributed by atoms with Crippen molar-refractivity contribution in [2.45, 2.75) is 39.7 Å². The monoisotopic (exact) mass is 303 g/mol. The SMILES string of the molecule is Cc1ccc(CN(C)C(=O)c2csc3c2CCC(C)C3)o1. The van der Waals surface area contributed by atoms with Crippen LogP contribution in [0.15, 0.2) is 21.9 Å². The van der Waals surface area contributed by atoms with E-state index in [0.717, 1.165) is 35.8 Å². The van der Waals surface area contributed by atoms with E-state index in [0.29, 0.717) is 6.54 Å². The molecule has 1 aliphatic rings. The number of aryl methyl sites for hydroxylation is 1. The van der Waals surface area contributed by atoms with Gasteiger partial charge in [-0.05, 0) is 49.8 Å². The van der Waals surface area contributed by atoms with Gasteiger partial charge in [0, 0.05) is 17.3 Å². The third-order valence-corrected chi connectivity index (χ3v) is 5.22. The van der Waals surface area contributed by atoms with Crippen LogP contribution in [0.25, 0.3) is 0 Å². The standard InChI is InChI=1S/C17H21NO2S/c1-11-4-7-14-15(10-21-16(14)8-11)17(19)18(3)9-13-6-5-12(2)20-13/h5-6,10-11H,4,7-9H2,1-3H3. The Morgan fingerprint density at radius 2 is 2.29 bits per heavy atom. The molecule has 0 N–H and O–H groups in total. The van der Waals surface area contributed by atoms with Crippen LogP contribution in [-0.4, -0.2) is 17.9 Å². The van der Waals surface area contributed by atoms with Gasteiger partial charge in [0.2, 0.25) is 0 Å². The summed E-state index contributed by atoms with van der Waals surface area (Å²) >= 11 is 1.74. The minimum absolute atomic E-state index is 0.108. The number of fused-ring (bicyclic) bond motifs is 1. The molecule has 1 amide bonds. The third-order valence-electron chi connectivity index (χ3n) is 4.17. The molecule has 2 aromatic heterocycles. The van der Waals surface area contributed by atoms with E-state index in [9.17, 15) is 4.79 Å². The summed E-state index contributed by atoms with van der Waals surface area (Å²) in [6.45, 7) is 4.73. The maximum Gasteiger partial charge on any atom is 0.255 e. The van der Waals surface area contributed by atoms with Crippen LogP contribution < -0.4 is 0 Å². The van der Waals surface area contributed by atoms with Crippen LogP contribution in [-0.2, 0) is 19.4 Å². The molecule has 3 nitrogen and oxygen atoms in total. The molecule has 0 radical (unpaired) electrons. The fourth-order valence-electron chi connectivity index (χ4n) is 2.94. The summed E-state index contributed by atoms with van der Waals surface area (Å²) in [6, 6.07) is 3.87. The van der Waals surface area contributed by atoms with Gasteiger partial charge >= 0.3 is 0 Å². The summed E-state index contributed by atoms with van der Waals surface area (Å²) in [5, 5.41) is 2.04. The minimum atomic E-state index is 0.108. The molecule has 21 heavy (non-hydrogen) atoms. The molecule has 2 heterocycles. The summed E-state index contributed by atoms with van der Waals surface area (Å²) in [7, 11) is 1.84. The smallest absolute Gasteiger partial charge is 0.255 e. The average molecular weight is 303 g/mol. The van der Waals surface area contributed by atoms with E-state index in [1.54, 1.807) is 16.2 Å². The Hall–Kier alpha value is -1.55. The van der Waals surface area contributed by atoms with Gasteiger partial charge in [-0.3, -0.25) is 4.79 Å². The molecule has 1 aliphatic carbocycles. The highest BCUT2D eigenvalue weighted by atomic mass is 32.1. The highest BCUT2D eigenvalue weighted by Gasteiger charge is 2.25. The van der Waals surface area contributed by atoms with Crippen LogP contribution in [0, 0.1) is 12.8 Å². The first-order valence-corrected chi connectivity index (χ1v) is 8.32. The van der Waals surface area contributed by atoms with E-state index in [4.69, 9.17) is 4.42 Å². The van der Waals surface area contributed by atoms with E-state index < -0.39 is 0 Å². The number of hydrogen-bond donors (Lipinski definition) is 0. The largest absolute Gasteiger partial charge is 0.464 e. The van der Waals surface area contributed by atoms with Gasteiger partial charge in [0.1, 0.15) is 11.5 Å². The maximum atomic E-state index is 12.7. The van der Waals surface area contributed by atoms with Crippen LogP contribution in [0.3, 0.4) is 0 Å². The van der Waals surface area contributed by atoms with Crippen LogP contribution in [0.4, 0.5) is 0 Å². The predicted octanol–water partition coefficient (Wildman–Crippen LogP) is 4.05.